The smallest absolute Gasteiger partial charge is 0.237 e. The van der Waals surface area contributed by atoms with Crippen molar-refractivity contribution in [3.63, 3.8) is 0 Å². The number of carbonyl (C=O) groups excluding carboxylic acids is 1. The quantitative estimate of drug-likeness (QED) is 0.706. The van der Waals surface area contributed by atoms with Gasteiger partial charge in [0, 0.05) is 16.4 Å². The number of benzene rings is 2. The van der Waals surface area contributed by atoms with Crippen LogP contribution in [0.15, 0.2) is 60.7 Å². The number of anilines is 1. The first-order valence-corrected chi connectivity index (χ1v) is 11.2. The van der Waals surface area contributed by atoms with Crippen LogP contribution in [0.5, 0.6) is 0 Å². The van der Waals surface area contributed by atoms with Gasteiger partial charge in [0.15, 0.2) is 0 Å². The third-order valence-electron chi connectivity index (χ3n) is 5.07. The maximum absolute atomic E-state index is 13.5. The molecule has 4 rings (SSSR count). The highest BCUT2D eigenvalue weighted by molar-refractivity contribution is 7.83. The third-order valence-corrected chi connectivity index (χ3v) is 6.28. The molecule has 0 aliphatic carbocycles. The lowest BCUT2D eigenvalue weighted by Gasteiger charge is -2.25. The number of aromatic nitrogens is 2. The normalized spacial score (nSPS) is 16.1. The van der Waals surface area contributed by atoms with E-state index in [2.05, 4.69) is 10.4 Å². The lowest BCUT2D eigenvalue weighted by atomic mass is 9.90. The van der Waals surface area contributed by atoms with Gasteiger partial charge in [-0.1, -0.05) is 60.7 Å². The minimum Gasteiger partial charge on any atom is -0.310 e. The van der Waals surface area contributed by atoms with Gasteiger partial charge in [-0.2, -0.15) is 5.10 Å². The number of amides is 1. The zero-order chi connectivity index (χ0) is 20.6. The Balaban J connectivity index is 1.75. The van der Waals surface area contributed by atoms with E-state index >= 15 is 0 Å². The van der Waals surface area contributed by atoms with E-state index in [4.69, 9.17) is 0 Å². The van der Waals surface area contributed by atoms with Crippen LogP contribution in [0.4, 0.5) is 5.82 Å². The molecule has 1 N–H and O–H groups in total. The molecule has 0 bridgehead atoms. The van der Waals surface area contributed by atoms with Crippen LogP contribution in [-0.2, 0) is 32.6 Å². The summed E-state index contributed by atoms with van der Waals surface area (Å²) in [6.45, 7) is 6.15. The molecule has 0 unspecified atom stereocenters. The molecule has 1 aliphatic rings. The third kappa shape index (κ3) is 3.90. The molecule has 0 saturated carbocycles. The molecule has 0 spiro atoms. The number of carbonyl (C=O) groups is 1. The van der Waals surface area contributed by atoms with Crippen molar-refractivity contribution in [3.8, 4) is 0 Å². The van der Waals surface area contributed by atoms with Gasteiger partial charge in [-0.3, -0.25) is 9.00 Å². The summed E-state index contributed by atoms with van der Waals surface area (Å²) in [6, 6.07) is 19.5. The fraction of sp³-hybridized carbons (Fsp3) is 0.304. The standard InChI is InChI=1S/C23H25N3O2S/c1-23(2,3)26-21(18-14-29(28)15-19(18)25-26)24-22(27)20(16-10-6-4-7-11-16)17-12-8-5-9-13-17/h4-13,20H,14-15H2,1-3H3,(H,24,27)/t29-/m0/s1. The highest BCUT2D eigenvalue weighted by Gasteiger charge is 2.33. The fourth-order valence-electron chi connectivity index (χ4n) is 3.72. The predicted octanol–water partition coefficient (Wildman–Crippen LogP) is 4.17. The highest BCUT2D eigenvalue weighted by Crippen LogP contribution is 2.34. The molecule has 1 amide bonds. The van der Waals surface area contributed by atoms with Gasteiger partial charge in [0.2, 0.25) is 5.91 Å². The Labute approximate surface area is 173 Å². The summed E-state index contributed by atoms with van der Waals surface area (Å²) < 4.78 is 13.9. The maximum atomic E-state index is 13.5. The molecule has 29 heavy (non-hydrogen) atoms. The Morgan fingerprint density at radius 2 is 1.55 bits per heavy atom. The summed E-state index contributed by atoms with van der Waals surface area (Å²) in [5, 5.41) is 7.82. The summed E-state index contributed by atoms with van der Waals surface area (Å²) in [6.07, 6.45) is 0. The number of fused-ring (bicyclic) bond motifs is 1. The van der Waals surface area contributed by atoms with E-state index in [1.165, 1.54) is 0 Å². The van der Waals surface area contributed by atoms with Crippen molar-refractivity contribution in [2.75, 3.05) is 5.32 Å². The van der Waals surface area contributed by atoms with Gasteiger partial charge < -0.3 is 5.32 Å². The first-order chi connectivity index (χ1) is 13.8. The van der Waals surface area contributed by atoms with Crippen molar-refractivity contribution in [3.05, 3.63) is 83.0 Å². The first kappa shape index (κ1) is 19.6. The lowest BCUT2D eigenvalue weighted by Crippen LogP contribution is -2.29. The van der Waals surface area contributed by atoms with Gasteiger partial charge in [0.25, 0.3) is 0 Å². The molecule has 150 valence electrons. The van der Waals surface area contributed by atoms with E-state index in [9.17, 15) is 9.00 Å². The summed E-state index contributed by atoms with van der Waals surface area (Å²) >= 11 is 0. The Morgan fingerprint density at radius 1 is 1.00 bits per heavy atom. The van der Waals surface area contributed by atoms with Gasteiger partial charge >= 0.3 is 0 Å². The number of nitrogens with one attached hydrogen (secondary N) is 1. The minimum absolute atomic E-state index is 0.117. The Hall–Kier alpha value is -2.73. The first-order valence-electron chi connectivity index (χ1n) is 9.71. The predicted molar refractivity (Wildman–Crippen MR) is 116 cm³/mol. The maximum Gasteiger partial charge on any atom is 0.237 e. The van der Waals surface area contributed by atoms with E-state index in [1.807, 2.05) is 86.1 Å². The van der Waals surface area contributed by atoms with Crippen LogP contribution >= 0.6 is 0 Å². The summed E-state index contributed by atoms with van der Waals surface area (Å²) in [5.41, 5.74) is 3.27. The molecule has 2 aromatic carbocycles. The molecular weight excluding hydrogens is 382 g/mol. The van der Waals surface area contributed by atoms with Gasteiger partial charge in [0.05, 0.1) is 28.7 Å². The molecule has 0 saturated heterocycles. The Bertz CT molecular complexity index is 1010. The van der Waals surface area contributed by atoms with Gasteiger partial charge in [-0.15, -0.1) is 0 Å². The van der Waals surface area contributed by atoms with Crippen LogP contribution in [0, 0.1) is 0 Å². The number of hydrogen-bond acceptors (Lipinski definition) is 3. The van der Waals surface area contributed by atoms with E-state index in [1.54, 1.807) is 0 Å². The van der Waals surface area contributed by atoms with Crippen molar-refractivity contribution in [2.24, 2.45) is 0 Å². The average molecular weight is 408 g/mol. The zero-order valence-electron chi connectivity index (χ0n) is 16.9. The molecule has 2 heterocycles. The van der Waals surface area contributed by atoms with Crippen LogP contribution in [0.1, 0.15) is 49.1 Å². The molecule has 6 heteroatoms. The monoisotopic (exact) mass is 407 g/mol. The molecule has 3 aromatic rings. The van der Waals surface area contributed by atoms with Crippen molar-refractivity contribution < 1.29 is 9.00 Å². The van der Waals surface area contributed by atoms with E-state index < -0.39 is 16.7 Å². The van der Waals surface area contributed by atoms with Crippen LogP contribution in [0.3, 0.4) is 0 Å². The summed E-state index contributed by atoms with van der Waals surface area (Å²) in [5.74, 6) is 0.988. The molecular formula is C23H25N3O2S. The number of rotatable bonds is 4. The fourth-order valence-corrected chi connectivity index (χ4v) is 4.98. The van der Waals surface area contributed by atoms with Crippen molar-refractivity contribution >= 4 is 22.5 Å². The van der Waals surface area contributed by atoms with Crippen LogP contribution in [-0.4, -0.2) is 19.9 Å². The second-order valence-electron chi connectivity index (χ2n) is 8.33. The molecule has 5 nitrogen and oxygen atoms in total. The Morgan fingerprint density at radius 3 is 2.07 bits per heavy atom. The largest absolute Gasteiger partial charge is 0.310 e. The highest BCUT2D eigenvalue weighted by atomic mass is 32.2. The molecule has 1 aliphatic heterocycles. The summed E-state index contributed by atoms with van der Waals surface area (Å²) in [7, 11) is -0.958. The van der Waals surface area contributed by atoms with Crippen molar-refractivity contribution in [2.45, 2.75) is 43.7 Å². The molecule has 1 atom stereocenters. The molecule has 0 fully saturated rings. The molecule has 1 aromatic heterocycles. The van der Waals surface area contributed by atoms with E-state index in [0.717, 1.165) is 22.4 Å². The average Bonchev–Trinajstić information content (AvgIpc) is 3.21. The Kier molecular flexibility index (Phi) is 5.13. The van der Waals surface area contributed by atoms with Gasteiger partial charge in [-0.05, 0) is 31.9 Å². The van der Waals surface area contributed by atoms with E-state index in [-0.39, 0.29) is 11.4 Å². The van der Waals surface area contributed by atoms with Crippen LogP contribution in [0.2, 0.25) is 0 Å². The second kappa shape index (κ2) is 7.59. The number of hydrogen-bond donors (Lipinski definition) is 1. The van der Waals surface area contributed by atoms with Crippen molar-refractivity contribution in [1.29, 1.82) is 0 Å². The van der Waals surface area contributed by atoms with Gasteiger partial charge in [-0.25, -0.2) is 4.68 Å². The minimum atomic E-state index is -0.958. The number of nitrogens with zero attached hydrogens (tertiary/aromatic N) is 2. The lowest BCUT2D eigenvalue weighted by molar-refractivity contribution is -0.116. The van der Waals surface area contributed by atoms with Crippen LogP contribution < -0.4 is 5.32 Å². The molecule has 0 radical (unpaired) electrons. The van der Waals surface area contributed by atoms with E-state index in [0.29, 0.717) is 17.3 Å². The topological polar surface area (TPSA) is 64.0 Å². The van der Waals surface area contributed by atoms with Gasteiger partial charge in [0.1, 0.15) is 5.82 Å². The SMILES string of the molecule is CC(C)(C)n1nc2c(c1NC(=O)C(c1ccccc1)c1ccccc1)C[S@](=O)C2. The second-order valence-corrected chi connectivity index (χ2v) is 9.79. The van der Waals surface area contributed by atoms with Crippen molar-refractivity contribution in [1.82, 2.24) is 9.78 Å². The summed E-state index contributed by atoms with van der Waals surface area (Å²) in [4.78, 5) is 13.5. The van der Waals surface area contributed by atoms with Crippen LogP contribution in [0.25, 0.3) is 0 Å². The zero-order valence-corrected chi connectivity index (χ0v) is 17.7.